The van der Waals surface area contributed by atoms with Crippen molar-refractivity contribution in [1.29, 1.82) is 0 Å². The van der Waals surface area contributed by atoms with Crippen LogP contribution in [0.3, 0.4) is 0 Å². The number of fused-ring (bicyclic) bond motifs is 1. The number of aromatic nitrogens is 2. The first-order chi connectivity index (χ1) is 17.5. The second kappa shape index (κ2) is 8.95. The summed E-state index contributed by atoms with van der Waals surface area (Å²) in [6.07, 6.45) is 3.67. The molecule has 3 heterocycles. The van der Waals surface area contributed by atoms with E-state index < -0.39 is 6.23 Å². The molecule has 0 radical (unpaired) electrons. The number of rotatable bonds is 4. The van der Waals surface area contributed by atoms with Gasteiger partial charge in [-0.2, -0.15) is 5.01 Å². The molecule has 0 fully saturated rings. The number of carbonyl (C=O) groups is 1. The normalized spacial score (nSPS) is 17.0. The Balaban J connectivity index is 1.50. The Labute approximate surface area is 212 Å². The first kappa shape index (κ1) is 22.5. The zero-order chi connectivity index (χ0) is 24.8. The fourth-order valence-electron chi connectivity index (χ4n) is 5.13. The number of aryl methyl sites for hydroxylation is 1. The second-order valence-corrected chi connectivity index (χ2v) is 10.1. The van der Waals surface area contributed by atoms with Gasteiger partial charge in [0.25, 0.3) is 5.56 Å². The second-order valence-electron chi connectivity index (χ2n) is 9.10. The molecule has 4 aromatic rings. The van der Waals surface area contributed by atoms with E-state index in [-0.39, 0.29) is 17.4 Å². The molecule has 6 rings (SSSR count). The fraction of sp³-hybridized carbons (Fsp3) is 0.250. The molecule has 1 aliphatic carbocycles. The molecule has 2 aliphatic rings. The van der Waals surface area contributed by atoms with Crippen molar-refractivity contribution in [3.05, 3.63) is 104 Å². The van der Waals surface area contributed by atoms with Crippen LogP contribution in [-0.2, 0) is 22.4 Å². The zero-order valence-corrected chi connectivity index (χ0v) is 21.0. The summed E-state index contributed by atoms with van der Waals surface area (Å²) >= 11 is 1.72. The number of hydrogen-bond acceptors (Lipinski definition) is 5. The van der Waals surface area contributed by atoms with Crippen LogP contribution in [0.15, 0.2) is 75.9 Å². The third kappa shape index (κ3) is 3.60. The van der Waals surface area contributed by atoms with Crippen molar-refractivity contribution in [3.63, 3.8) is 0 Å². The molecular formula is C28H26N4O3S. The van der Waals surface area contributed by atoms with Crippen LogP contribution in [0.4, 0.5) is 0 Å². The van der Waals surface area contributed by atoms with E-state index in [4.69, 9.17) is 4.74 Å². The molecule has 0 bridgehead atoms. The van der Waals surface area contributed by atoms with Gasteiger partial charge in [0.15, 0.2) is 0 Å². The maximum absolute atomic E-state index is 14.0. The number of para-hydroxylation sites is 2. The van der Waals surface area contributed by atoms with Crippen molar-refractivity contribution in [2.24, 2.45) is 5.10 Å². The Morgan fingerprint density at radius 2 is 1.61 bits per heavy atom. The molecule has 0 spiro atoms. The number of nitrogens with zero attached hydrogens (tertiary/aromatic N) is 4. The van der Waals surface area contributed by atoms with Gasteiger partial charge in [-0.3, -0.25) is 9.59 Å². The van der Waals surface area contributed by atoms with E-state index in [1.54, 1.807) is 16.0 Å². The molecule has 0 unspecified atom stereocenters. The summed E-state index contributed by atoms with van der Waals surface area (Å²) in [5.74, 6) is -0.0536. The average molecular weight is 499 g/mol. The number of carbonyl (C=O) groups excluding carboxylic acids is 1. The van der Waals surface area contributed by atoms with Gasteiger partial charge in [0, 0.05) is 22.7 Å². The molecule has 0 N–H and O–H groups in total. The monoisotopic (exact) mass is 498 g/mol. The van der Waals surface area contributed by atoms with E-state index in [0.717, 1.165) is 36.2 Å². The maximum Gasteiger partial charge on any atom is 0.284 e. The molecule has 8 heteroatoms. The minimum Gasteiger partial charge on any atom is -0.445 e. The largest absolute Gasteiger partial charge is 0.445 e. The van der Waals surface area contributed by atoms with Gasteiger partial charge < -0.3 is 4.74 Å². The van der Waals surface area contributed by atoms with Gasteiger partial charge in [0.1, 0.15) is 5.56 Å². The lowest BCUT2D eigenvalue weighted by molar-refractivity contribution is -0.135. The van der Waals surface area contributed by atoms with Crippen LogP contribution in [0.2, 0.25) is 0 Å². The van der Waals surface area contributed by atoms with E-state index in [1.165, 1.54) is 28.8 Å². The minimum absolute atomic E-state index is 0.174. The molecule has 0 saturated carbocycles. The first-order valence-corrected chi connectivity index (χ1v) is 13.0. The molecular weight excluding hydrogens is 472 g/mol. The van der Waals surface area contributed by atoms with Gasteiger partial charge >= 0.3 is 0 Å². The predicted octanol–water partition coefficient (Wildman–Crippen LogP) is 5.12. The summed E-state index contributed by atoms with van der Waals surface area (Å²) in [6.45, 7) is 3.36. The van der Waals surface area contributed by atoms with E-state index in [9.17, 15) is 9.59 Å². The summed E-state index contributed by atoms with van der Waals surface area (Å²) in [6, 6.07) is 19.2. The molecule has 7 nitrogen and oxygen atoms in total. The number of ether oxygens (including phenoxy) is 1. The summed E-state index contributed by atoms with van der Waals surface area (Å²) in [5.41, 5.74) is 4.59. The summed E-state index contributed by atoms with van der Waals surface area (Å²) in [7, 11) is 0. The van der Waals surface area contributed by atoms with Crippen LogP contribution in [0.1, 0.15) is 53.3 Å². The van der Waals surface area contributed by atoms with E-state index in [1.807, 2.05) is 72.3 Å². The van der Waals surface area contributed by atoms with Gasteiger partial charge in [0.05, 0.1) is 17.1 Å². The molecule has 2 aromatic carbocycles. The van der Waals surface area contributed by atoms with Crippen molar-refractivity contribution in [2.75, 3.05) is 0 Å². The van der Waals surface area contributed by atoms with Gasteiger partial charge in [-0.25, -0.2) is 9.36 Å². The molecule has 36 heavy (non-hydrogen) atoms. The number of hydrazone groups is 1. The van der Waals surface area contributed by atoms with Gasteiger partial charge in [0.2, 0.25) is 18.0 Å². The summed E-state index contributed by atoms with van der Waals surface area (Å²) < 4.78 is 9.87. The Morgan fingerprint density at radius 1 is 0.972 bits per heavy atom. The topological polar surface area (TPSA) is 68.8 Å². The van der Waals surface area contributed by atoms with Gasteiger partial charge in [-0.1, -0.05) is 36.4 Å². The van der Waals surface area contributed by atoms with Crippen LogP contribution in [0.25, 0.3) is 11.4 Å². The lowest BCUT2D eigenvalue weighted by Gasteiger charge is -2.21. The zero-order valence-electron chi connectivity index (χ0n) is 20.2. The third-order valence-electron chi connectivity index (χ3n) is 6.83. The molecule has 0 saturated heterocycles. The maximum atomic E-state index is 14.0. The van der Waals surface area contributed by atoms with Crippen molar-refractivity contribution >= 4 is 23.1 Å². The Morgan fingerprint density at radius 3 is 2.28 bits per heavy atom. The van der Waals surface area contributed by atoms with Crippen molar-refractivity contribution in [1.82, 2.24) is 14.4 Å². The predicted molar refractivity (Wildman–Crippen MR) is 140 cm³/mol. The Kier molecular flexibility index (Phi) is 5.60. The minimum atomic E-state index is -0.667. The van der Waals surface area contributed by atoms with E-state index >= 15 is 0 Å². The lowest BCUT2D eigenvalue weighted by atomic mass is 9.95. The number of thiophene rings is 1. The Hall–Kier alpha value is -3.91. The molecule has 2 aromatic heterocycles. The first-order valence-electron chi connectivity index (χ1n) is 12.1. The molecule has 1 aliphatic heterocycles. The quantitative estimate of drug-likeness (QED) is 0.392. The van der Waals surface area contributed by atoms with Crippen LogP contribution >= 0.6 is 11.3 Å². The lowest BCUT2D eigenvalue weighted by Crippen LogP contribution is -2.26. The van der Waals surface area contributed by atoms with Crippen LogP contribution < -0.4 is 5.56 Å². The van der Waals surface area contributed by atoms with Crippen molar-refractivity contribution < 1.29 is 9.53 Å². The highest BCUT2D eigenvalue weighted by molar-refractivity contribution is 7.10. The van der Waals surface area contributed by atoms with E-state index in [0.29, 0.717) is 11.3 Å². The number of benzene rings is 2. The molecule has 1 amide bonds. The van der Waals surface area contributed by atoms with Crippen LogP contribution in [0, 0.1) is 6.92 Å². The SMILES string of the molecule is CC(=O)N1N=C(c2c(C)n(-c3ccccc3)n(-c3ccccc3)c2=O)O[C@@H]1c1csc2c1CCCC2. The van der Waals surface area contributed by atoms with Gasteiger partial charge in [-0.05, 0) is 62.4 Å². The van der Waals surface area contributed by atoms with E-state index in [2.05, 4.69) is 10.5 Å². The molecule has 1 atom stereocenters. The Bertz CT molecular complexity index is 1530. The smallest absolute Gasteiger partial charge is 0.284 e. The highest BCUT2D eigenvalue weighted by atomic mass is 32.1. The average Bonchev–Trinajstić information content (AvgIpc) is 3.59. The van der Waals surface area contributed by atoms with Crippen molar-refractivity contribution in [3.8, 4) is 11.4 Å². The van der Waals surface area contributed by atoms with Crippen LogP contribution in [-0.4, -0.2) is 26.2 Å². The molecule has 182 valence electrons. The highest BCUT2D eigenvalue weighted by Crippen LogP contribution is 2.39. The summed E-state index contributed by atoms with van der Waals surface area (Å²) in [4.78, 5) is 27.9. The fourth-order valence-corrected chi connectivity index (χ4v) is 6.28. The van der Waals surface area contributed by atoms with Crippen molar-refractivity contribution in [2.45, 2.75) is 45.8 Å². The third-order valence-corrected chi connectivity index (χ3v) is 7.93. The van der Waals surface area contributed by atoms with Gasteiger partial charge in [-0.15, -0.1) is 16.4 Å². The standard InChI is InChI=1S/C28H26N4O3S/c1-18-25(27(34)32(21-13-7-4-8-14-21)31(18)20-11-5-3-6-12-20)26-29-30(19(2)33)28(35-26)23-17-36-24-16-10-9-15-22(23)24/h3-8,11-14,17,28H,9-10,15-16H2,1-2H3/t28-/m1/s1. The van der Waals surface area contributed by atoms with Crippen LogP contribution in [0.5, 0.6) is 0 Å². The number of hydrogen-bond donors (Lipinski definition) is 0. The number of amides is 1. The summed E-state index contributed by atoms with van der Waals surface area (Å²) in [5, 5.41) is 8.02. The highest BCUT2D eigenvalue weighted by Gasteiger charge is 2.38.